The van der Waals surface area contributed by atoms with Crippen LogP contribution in [0.5, 0.6) is 0 Å². The lowest BCUT2D eigenvalue weighted by molar-refractivity contribution is 0.570. The van der Waals surface area contributed by atoms with Crippen LogP contribution in [-0.4, -0.2) is 28.6 Å². The number of nitrogens with two attached hydrogens (primary N) is 1. The van der Waals surface area contributed by atoms with Crippen molar-refractivity contribution in [3.8, 4) is 11.4 Å². The molecule has 2 aromatic carbocycles. The van der Waals surface area contributed by atoms with Crippen LogP contribution in [0.3, 0.4) is 0 Å². The molecule has 0 bridgehead atoms. The molecule has 24 heavy (non-hydrogen) atoms. The third-order valence-electron chi connectivity index (χ3n) is 3.43. The van der Waals surface area contributed by atoms with E-state index in [2.05, 4.69) is 15.4 Å². The molecule has 9 heteroatoms. The average molecular weight is 347 g/mol. The number of aryl methyl sites for hydroxylation is 1. The first kappa shape index (κ1) is 16.2. The predicted octanol–water partition coefficient (Wildman–Crippen LogP) is 1.48. The molecule has 7 nitrogen and oxygen atoms in total. The Balaban J connectivity index is 1.85. The van der Waals surface area contributed by atoms with E-state index >= 15 is 0 Å². The van der Waals surface area contributed by atoms with Gasteiger partial charge in [-0.3, -0.25) is 0 Å². The van der Waals surface area contributed by atoms with Gasteiger partial charge in [0, 0.05) is 5.56 Å². The standard InChI is InChI=1S/C15H14FN5O2S/c1-10-8-12(4-7-14(10)24(17,22)23)15-18-20-21(19-15)9-11-2-5-13(16)6-3-11/h2-8H,9H2,1H3,(H2,17,22,23). The van der Waals surface area contributed by atoms with E-state index in [1.54, 1.807) is 31.2 Å². The van der Waals surface area contributed by atoms with Crippen LogP contribution in [0, 0.1) is 12.7 Å². The molecular weight excluding hydrogens is 333 g/mol. The van der Waals surface area contributed by atoms with Gasteiger partial charge in [-0.2, -0.15) is 4.80 Å². The van der Waals surface area contributed by atoms with Gasteiger partial charge < -0.3 is 0 Å². The largest absolute Gasteiger partial charge is 0.238 e. The summed E-state index contributed by atoms with van der Waals surface area (Å²) in [4.78, 5) is 1.44. The van der Waals surface area contributed by atoms with Crippen molar-refractivity contribution in [3.63, 3.8) is 0 Å². The molecule has 0 radical (unpaired) electrons. The van der Waals surface area contributed by atoms with Crippen molar-refractivity contribution < 1.29 is 12.8 Å². The number of rotatable bonds is 4. The molecule has 0 aliphatic rings. The van der Waals surface area contributed by atoms with Crippen molar-refractivity contribution in [2.45, 2.75) is 18.4 Å². The first-order valence-electron chi connectivity index (χ1n) is 6.99. The van der Waals surface area contributed by atoms with Gasteiger partial charge in [0.25, 0.3) is 0 Å². The molecule has 124 valence electrons. The molecule has 3 aromatic rings. The lowest BCUT2D eigenvalue weighted by Gasteiger charge is -2.04. The maximum Gasteiger partial charge on any atom is 0.238 e. The van der Waals surface area contributed by atoms with Gasteiger partial charge in [-0.1, -0.05) is 12.1 Å². The second kappa shape index (κ2) is 6.10. The number of benzene rings is 2. The lowest BCUT2D eigenvalue weighted by atomic mass is 10.1. The number of hydrogen-bond donors (Lipinski definition) is 1. The molecule has 3 rings (SSSR count). The van der Waals surface area contributed by atoms with Crippen LogP contribution in [0.4, 0.5) is 4.39 Å². The van der Waals surface area contributed by atoms with E-state index in [-0.39, 0.29) is 10.7 Å². The Labute approximate surface area is 138 Å². The second-order valence-electron chi connectivity index (χ2n) is 5.30. The van der Waals surface area contributed by atoms with E-state index in [1.165, 1.54) is 23.0 Å². The first-order valence-corrected chi connectivity index (χ1v) is 8.53. The van der Waals surface area contributed by atoms with Crippen molar-refractivity contribution in [1.29, 1.82) is 0 Å². The molecule has 0 aliphatic heterocycles. The quantitative estimate of drug-likeness (QED) is 0.770. The molecule has 2 N–H and O–H groups in total. The zero-order valence-corrected chi connectivity index (χ0v) is 13.5. The number of tetrazole rings is 1. The SMILES string of the molecule is Cc1cc(-c2nnn(Cc3ccc(F)cc3)n2)ccc1S(N)(=O)=O. The number of primary sulfonamides is 1. The molecule has 0 atom stereocenters. The van der Waals surface area contributed by atoms with Gasteiger partial charge in [0.05, 0.1) is 11.4 Å². The third-order valence-corrected chi connectivity index (χ3v) is 4.50. The van der Waals surface area contributed by atoms with E-state index in [1.807, 2.05) is 0 Å². The summed E-state index contributed by atoms with van der Waals surface area (Å²) in [6, 6.07) is 10.6. The summed E-state index contributed by atoms with van der Waals surface area (Å²) in [5.74, 6) is 0.0533. The number of sulfonamides is 1. The lowest BCUT2D eigenvalue weighted by Crippen LogP contribution is -2.13. The van der Waals surface area contributed by atoms with Crippen molar-refractivity contribution in [2.24, 2.45) is 5.14 Å². The van der Waals surface area contributed by atoms with Gasteiger partial charge >= 0.3 is 0 Å². The van der Waals surface area contributed by atoms with Gasteiger partial charge in [-0.25, -0.2) is 17.9 Å². The highest BCUT2D eigenvalue weighted by Gasteiger charge is 2.14. The van der Waals surface area contributed by atoms with E-state index in [0.29, 0.717) is 23.5 Å². The highest BCUT2D eigenvalue weighted by atomic mass is 32.2. The molecular formula is C15H14FN5O2S. The van der Waals surface area contributed by atoms with Crippen LogP contribution < -0.4 is 5.14 Å². The highest BCUT2D eigenvalue weighted by molar-refractivity contribution is 7.89. The molecule has 1 heterocycles. The first-order chi connectivity index (χ1) is 11.3. The minimum Gasteiger partial charge on any atom is -0.225 e. The summed E-state index contributed by atoms with van der Waals surface area (Å²) in [6.45, 7) is 1.99. The smallest absolute Gasteiger partial charge is 0.225 e. The van der Waals surface area contributed by atoms with E-state index in [0.717, 1.165) is 5.56 Å². The van der Waals surface area contributed by atoms with Gasteiger partial charge in [-0.15, -0.1) is 10.2 Å². The second-order valence-corrected chi connectivity index (χ2v) is 6.83. The van der Waals surface area contributed by atoms with Crippen LogP contribution in [-0.2, 0) is 16.6 Å². The summed E-state index contributed by atoms with van der Waals surface area (Å²) >= 11 is 0. The van der Waals surface area contributed by atoms with Gasteiger partial charge in [-0.05, 0) is 53.6 Å². The predicted molar refractivity (Wildman–Crippen MR) is 84.9 cm³/mol. The van der Waals surface area contributed by atoms with E-state index in [9.17, 15) is 12.8 Å². The summed E-state index contributed by atoms with van der Waals surface area (Å²) in [6.07, 6.45) is 0. The van der Waals surface area contributed by atoms with Crippen LogP contribution in [0.2, 0.25) is 0 Å². The zero-order chi connectivity index (χ0) is 17.3. The van der Waals surface area contributed by atoms with Gasteiger partial charge in [0.15, 0.2) is 0 Å². The highest BCUT2D eigenvalue weighted by Crippen LogP contribution is 2.21. The van der Waals surface area contributed by atoms with Crippen LogP contribution >= 0.6 is 0 Å². The average Bonchev–Trinajstić information content (AvgIpc) is 2.97. The number of hydrogen-bond acceptors (Lipinski definition) is 5. The van der Waals surface area contributed by atoms with Crippen LogP contribution in [0.25, 0.3) is 11.4 Å². The topological polar surface area (TPSA) is 104 Å². The minimum atomic E-state index is -3.76. The monoisotopic (exact) mass is 347 g/mol. The Bertz CT molecular complexity index is 983. The number of nitrogens with zero attached hydrogens (tertiary/aromatic N) is 4. The van der Waals surface area contributed by atoms with E-state index in [4.69, 9.17) is 5.14 Å². The summed E-state index contributed by atoms with van der Waals surface area (Å²) in [7, 11) is -3.76. The van der Waals surface area contributed by atoms with Crippen molar-refractivity contribution in [1.82, 2.24) is 20.2 Å². The van der Waals surface area contributed by atoms with E-state index < -0.39 is 10.0 Å². The van der Waals surface area contributed by atoms with Gasteiger partial charge in [0.2, 0.25) is 15.8 Å². The molecule has 0 unspecified atom stereocenters. The summed E-state index contributed by atoms with van der Waals surface area (Å²) in [5, 5.41) is 17.3. The van der Waals surface area contributed by atoms with Crippen molar-refractivity contribution in [3.05, 3.63) is 59.4 Å². The van der Waals surface area contributed by atoms with Crippen LogP contribution in [0.1, 0.15) is 11.1 Å². The summed E-state index contributed by atoms with van der Waals surface area (Å²) in [5.41, 5.74) is 1.97. The zero-order valence-electron chi connectivity index (χ0n) is 12.7. The Morgan fingerprint density at radius 3 is 2.50 bits per heavy atom. The molecule has 0 spiro atoms. The number of halogens is 1. The maximum atomic E-state index is 12.9. The Morgan fingerprint density at radius 2 is 1.88 bits per heavy atom. The maximum absolute atomic E-state index is 12.9. The fourth-order valence-electron chi connectivity index (χ4n) is 2.29. The Kier molecular flexibility index (Phi) is 4.12. The molecule has 1 aromatic heterocycles. The minimum absolute atomic E-state index is 0.0601. The van der Waals surface area contributed by atoms with Crippen molar-refractivity contribution >= 4 is 10.0 Å². The fourth-order valence-corrected chi connectivity index (χ4v) is 3.05. The van der Waals surface area contributed by atoms with Crippen LogP contribution in [0.15, 0.2) is 47.4 Å². The Morgan fingerprint density at radius 1 is 1.17 bits per heavy atom. The van der Waals surface area contributed by atoms with Crippen molar-refractivity contribution in [2.75, 3.05) is 0 Å². The molecule has 0 saturated heterocycles. The molecule has 0 saturated carbocycles. The third kappa shape index (κ3) is 3.47. The normalized spacial score (nSPS) is 11.6. The fraction of sp³-hybridized carbons (Fsp3) is 0.133. The molecule has 0 aliphatic carbocycles. The molecule has 0 amide bonds. The summed E-state index contributed by atoms with van der Waals surface area (Å²) < 4.78 is 35.8. The Hall–Kier alpha value is -2.65. The molecule has 0 fully saturated rings. The number of aromatic nitrogens is 4. The van der Waals surface area contributed by atoms with Gasteiger partial charge in [0.1, 0.15) is 5.82 Å².